The number of carbonyl (C=O) groups excluding carboxylic acids is 1. The van der Waals surface area contributed by atoms with Crippen molar-refractivity contribution in [2.45, 2.75) is 0 Å². The molecule has 1 aromatic heterocycles. The van der Waals surface area contributed by atoms with E-state index in [1.54, 1.807) is 24.3 Å². The van der Waals surface area contributed by atoms with Gasteiger partial charge in [0, 0.05) is 5.69 Å². The first-order valence-corrected chi connectivity index (χ1v) is 5.86. The molecule has 0 aliphatic rings. The number of nitrogens with zero attached hydrogens (tertiary/aromatic N) is 2. The number of esters is 1. The Kier molecular flexibility index (Phi) is 3.55. The van der Waals surface area contributed by atoms with Crippen LogP contribution in [0.5, 0.6) is 0 Å². The molecule has 0 bridgehead atoms. The van der Waals surface area contributed by atoms with Crippen molar-refractivity contribution in [1.82, 2.24) is 4.98 Å². The highest BCUT2D eigenvalue weighted by atomic mass is 32.1. The van der Waals surface area contributed by atoms with E-state index in [2.05, 4.69) is 15.0 Å². The Morgan fingerprint density at radius 2 is 2.39 bits per heavy atom. The maximum Gasteiger partial charge on any atom is 0.337 e. The van der Waals surface area contributed by atoms with Crippen molar-refractivity contribution >= 4 is 28.1 Å². The van der Waals surface area contributed by atoms with Crippen LogP contribution in [0.25, 0.3) is 0 Å². The van der Waals surface area contributed by atoms with E-state index in [-0.39, 0.29) is 0 Å². The summed E-state index contributed by atoms with van der Waals surface area (Å²) in [5.74, 6) is -0.393. The van der Waals surface area contributed by atoms with Gasteiger partial charge >= 0.3 is 5.97 Å². The molecule has 0 amide bonds. The first kappa shape index (κ1) is 12.1. The van der Waals surface area contributed by atoms with Gasteiger partial charge in [0.25, 0.3) is 0 Å². The predicted molar refractivity (Wildman–Crippen MR) is 67.9 cm³/mol. The minimum Gasteiger partial charge on any atom is -0.465 e. The Morgan fingerprint density at radius 1 is 1.56 bits per heavy atom. The number of thiazole rings is 1. The van der Waals surface area contributed by atoms with Crippen LogP contribution in [0.2, 0.25) is 0 Å². The average molecular weight is 259 g/mol. The Labute approximate surface area is 108 Å². The first-order chi connectivity index (χ1) is 8.72. The molecule has 0 fully saturated rings. The third kappa shape index (κ3) is 2.64. The highest BCUT2D eigenvalue weighted by Crippen LogP contribution is 2.22. The van der Waals surface area contributed by atoms with Crippen LogP contribution in [0.3, 0.4) is 0 Å². The molecule has 18 heavy (non-hydrogen) atoms. The second kappa shape index (κ2) is 5.29. The monoisotopic (exact) mass is 259 g/mol. The molecule has 0 saturated carbocycles. The molecule has 0 unspecified atom stereocenters. The lowest BCUT2D eigenvalue weighted by Crippen LogP contribution is -2.01. The molecule has 1 N–H and O–H groups in total. The van der Waals surface area contributed by atoms with Crippen LogP contribution in [0, 0.1) is 11.3 Å². The molecule has 6 heteroatoms. The molecule has 0 aliphatic heterocycles. The Hall–Kier alpha value is -2.39. The fourth-order valence-corrected chi connectivity index (χ4v) is 1.98. The average Bonchev–Trinajstić information content (AvgIpc) is 2.86. The van der Waals surface area contributed by atoms with Crippen molar-refractivity contribution in [1.29, 1.82) is 5.26 Å². The van der Waals surface area contributed by atoms with Crippen molar-refractivity contribution in [3.8, 4) is 6.07 Å². The number of methoxy groups -OCH3 is 1. The lowest BCUT2D eigenvalue weighted by molar-refractivity contribution is 0.0601. The van der Waals surface area contributed by atoms with Gasteiger partial charge in [-0.25, -0.2) is 9.78 Å². The fourth-order valence-electron chi connectivity index (χ4n) is 1.35. The van der Waals surface area contributed by atoms with Crippen LogP contribution in [-0.4, -0.2) is 18.1 Å². The van der Waals surface area contributed by atoms with E-state index >= 15 is 0 Å². The van der Waals surface area contributed by atoms with E-state index in [0.29, 0.717) is 15.6 Å². The van der Waals surface area contributed by atoms with E-state index in [0.717, 1.165) is 5.69 Å². The third-order valence-corrected chi connectivity index (χ3v) is 2.97. The van der Waals surface area contributed by atoms with Gasteiger partial charge in [0.2, 0.25) is 0 Å². The highest BCUT2D eigenvalue weighted by molar-refractivity contribution is 7.16. The standard InChI is InChI=1S/C12H9N3O2S/c1-17-11(16)8-3-2-4-9(5-8)15-12-14-7-10(6-13)18-12/h2-5,7H,1H3,(H,14,15). The van der Waals surface area contributed by atoms with Crippen LogP contribution in [0.15, 0.2) is 30.5 Å². The van der Waals surface area contributed by atoms with Crippen LogP contribution >= 0.6 is 11.3 Å². The number of nitrogens with one attached hydrogen (secondary N) is 1. The number of nitriles is 1. The van der Waals surface area contributed by atoms with E-state index in [1.807, 2.05) is 6.07 Å². The zero-order valence-electron chi connectivity index (χ0n) is 9.51. The zero-order valence-corrected chi connectivity index (χ0v) is 10.3. The topological polar surface area (TPSA) is 75.0 Å². The van der Waals surface area contributed by atoms with Gasteiger partial charge in [-0.05, 0) is 18.2 Å². The van der Waals surface area contributed by atoms with Crippen molar-refractivity contribution in [2.75, 3.05) is 12.4 Å². The normalized spacial score (nSPS) is 9.56. The van der Waals surface area contributed by atoms with Gasteiger partial charge in [0.1, 0.15) is 10.9 Å². The lowest BCUT2D eigenvalue weighted by Gasteiger charge is -2.04. The molecule has 2 rings (SSSR count). The number of rotatable bonds is 3. The number of ether oxygens (including phenoxy) is 1. The van der Waals surface area contributed by atoms with Crippen LogP contribution in [0.4, 0.5) is 10.8 Å². The second-order valence-electron chi connectivity index (χ2n) is 3.34. The molecule has 2 aromatic rings. The van der Waals surface area contributed by atoms with Gasteiger partial charge in [-0.3, -0.25) is 0 Å². The van der Waals surface area contributed by atoms with Crippen molar-refractivity contribution in [2.24, 2.45) is 0 Å². The Morgan fingerprint density at radius 3 is 3.06 bits per heavy atom. The van der Waals surface area contributed by atoms with Gasteiger partial charge in [0.15, 0.2) is 5.13 Å². The number of hydrogen-bond donors (Lipinski definition) is 1. The molecular formula is C12H9N3O2S. The maximum atomic E-state index is 11.4. The fraction of sp³-hybridized carbons (Fsp3) is 0.0833. The highest BCUT2D eigenvalue weighted by Gasteiger charge is 2.07. The van der Waals surface area contributed by atoms with Gasteiger partial charge in [-0.2, -0.15) is 5.26 Å². The van der Waals surface area contributed by atoms with Gasteiger partial charge in [0.05, 0.1) is 18.9 Å². The molecule has 0 aliphatic carbocycles. The summed E-state index contributed by atoms with van der Waals surface area (Å²) in [4.78, 5) is 15.9. The quantitative estimate of drug-likeness (QED) is 0.857. The summed E-state index contributed by atoms with van der Waals surface area (Å²) in [6.07, 6.45) is 1.50. The van der Waals surface area contributed by atoms with Gasteiger partial charge in [-0.15, -0.1) is 0 Å². The number of hydrogen-bond acceptors (Lipinski definition) is 6. The minimum atomic E-state index is -0.393. The third-order valence-electron chi connectivity index (χ3n) is 2.15. The molecule has 0 atom stereocenters. The number of aromatic nitrogens is 1. The summed E-state index contributed by atoms with van der Waals surface area (Å²) in [6, 6.07) is 8.89. The lowest BCUT2D eigenvalue weighted by atomic mass is 10.2. The van der Waals surface area contributed by atoms with Crippen LogP contribution in [-0.2, 0) is 4.74 Å². The van der Waals surface area contributed by atoms with E-state index in [1.165, 1.54) is 24.6 Å². The number of anilines is 2. The molecule has 1 aromatic carbocycles. The van der Waals surface area contributed by atoms with Gasteiger partial charge in [-0.1, -0.05) is 17.4 Å². The largest absolute Gasteiger partial charge is 0.465 e. The van der Waals surface area contributed by atoms with E-state index < -0.39 is 5.97 Å². The summed E-state index contributed by atoms with van der Waals surface area (Å²) in [5, 5.41) is 12.3. The summed E-state index contributed by atoms with van der Waals surface area (Å²) >= 11 is 1.25. The summed E-state index contributed by atoms with van der Waals surface area (Å²) in [5.41, 5.74) is 1.18. The molecule has 0 spiro atoms. The SMILES string of the molecule is COC(=O)c1cccc(Nc2ncc(C#N)s2)c1. The predicted octanol–water partition coefficient (Wildman–Crippen LogP) is 2.54. The summed E-state index contributed by atoms with van der Waals surface area (Å²) in [7, 11) is 1.34. The maximum absolute atomic E-state index is 11.4. The second-order valence-corrected chi connectivity index (χ2v) is 4.37. The minimum absolute atomic E-state index is 0.393. The molecular weight excluding hydrogens is 250 g/mol. The molecule has 90 valence electrons. The summed E-state index contributed by atoms with van der Waals surface area (Å²) in [6.45, 7) is 0. The van der Waals surface area contributed by atoms with Crippen LogP contribution < -0.4 is 5.32 Å². The summed E-state index contributed by atoms with van der Waals surface area (Å²) < 4.78 is 4.64. The number of benzene rings is 1. The Balaban J connectivity index is 2.19. The first-order valence-electron chi connectivity index (χ1n) is 5.04. The Bertz CT molecular complexity index is 616. The molecule has 5 nitrogen and oxygen atoms in total. The molecule has 1 heterocycles. The van der Waals surface area contributed by atoms with E-state index in [4.69, 9.17) is 5.26 Å². The smallest absolute Gasteiger partial charge is 0.337 e. The van der Waals surface area contributed by atoms with Crippen LogP contribution in [0.1, 0.15) is 15.2 Å². The van der Waals surface area contributed by atoms with Gasteiger partial charge < -0.3 is 10.1 Å². The molecule has 0 radical (unpaired) electrons. The van der Waals surface area contributed by atoms with E-state index in [9.17, 15) is 4.79 Å². The number of carbonyl (C=O) groups is 1. The van der Waals surface area contributed by atoms with Crippen molar-refractivity contribution in [3.63, 3.8) is 0 Å². The zero-order chi connectivity index (χ0) is 13.0. The molecule has 0 saturated heterocycles. The van der Waals surface area contributed by atoms with Crippen molar-refractivity contribution < 1.29 is 9.53 Å². The van der Waals surface area contributed by atoms with Crippen molar-refractivity contribution in [3.05, 3.63) is 40.9 Å².